The fourth-order valence-corrected chi connectivity index (χ4v) is 2.19. The number of nitrogens with one attached hydrogen (secondary N) is 1. The average molecular weight is 292 g/mol. The Morgan fingerprint density at radius 1 is 1.30 bits per heavy atom. The summed E-state index contributed by atoms with van der Waals surface area (Å²) in [5, 5.41) is 4.12. The van der Waals surface area contributed by atoms with Crippen molar-refractivity contribution < 1.29 is 13.6 Å². The molecule has 0 aliphatic heterocycles. The second kappa shape index (κ2) is 6.28. The third kappa shape index (κ3) is 3.41. The molecule has 0 atom stereocenters. The van der Waals surface area contributed by atoms with E-state index >= 15 is 0 Å². The normalized spacial score (nSPS) is 9.75. The van der Waals surface area contributed by atoms with Gasteiger partial charge in [0.25, 0.3) is 5.91 Å². The number of halogens is 2. The first-order valence-electron chi connectivity index (χ1n) is 5.64. The summed E-state index contributed by atoms with van der Waals surface area (Å²) in [6.45, 7) is 0.244. The summed E-state index contributed by atoms with van der Waals surface area (Å²) in [5.74, 6) is 3.12. The van der Waals surface area contributed by atoms with Gasteiger partial charge in [-0.05, 0) is 18.2 Å². The van der Waals surface area contributed by atoms with Gasteiger partial charge in [-0.1, -0.05) is 11.8 Å². The van der Waals surface area contributed by atoms with Crippen molar-refractivity contribution in [2.45, 2.75) is 0 Å². The van der Waals surface area contributed by atoms with Crippen molar-refractivity contribution in [3.63, 3.8) is 0 Å². The zero-order chi connectivity index (χ0) is 14.5. The molecule has 0 bridgehead atoms. The molecule has 0 fully saturated rings. The van der Waals surface area contributed by atoms with E-state index in [1.165, 1.54) is 17.4 Å². The monoisotopic (exact) mass is 292 g/mol. The molecule has 0 aliphatic rings. The molecular formula is C14H10F2N2OS. The number of carbonyl (C=O) groups is 1. The van der Waals surface area contributed by atoms with Crippen LogP contribution < -0.4 is 11.1 Å². The summed E-state index contributed by atoms with van der Waals surface area (Å²) in [4.78, 5) is 12.6. The van der Waals surface area contributed by atoms with Gasteiger partial charge in [0, 0.05) is 17.1 Å². The van der Waals surface area contributed by atoms with Crippen LogP contribution in [0.4, 0.5) is 14.5 Å². The van der Waals surface area contributed by atoms with E-state index in [0.717, 1.165) is 12.1 Å². The van der Waals surface area contributed by atoms with Crippen LogP contribution in [0.25, 0.3) is 0 Å². The van der Waals surface area contributed by atoms with E-state index < -0.39 is 17.5 Å². The van der Waals surface area contributed by atoms with Gasteiger partial charge in [-0.3, -0.25) is 4.79 Å². The van der Waals surface area contributed by atoms with E-state index in [2.05, 4.69) is 17.2 Å². The second-order valence-corrected chi connectivity index (χ2v) is 4.70. The minimum atomic E-state index is -1.01. The van der Waals surface area contributed by atoms with E-state index in [0.29, 0.717) is 10.4 Å². The molecule has 2 rings (SSSR count). The summed E-state index contributed by atoms with van der Waals surface area (Å²) >= 11 is 1.31. The number of rotatable bonds is 2. The zero-order valence-corrected chi connectivity index (χ0v) is 11.1. The summed E-state index contributed by atoms with van der Waals surface area (Å²) < 4.78 is 25.8. The van der Waals surface area contributed by atoms with Gasteiger partial charge in [-0.25, -0.2) is 8.78 Å². The van der Waals surface area contributed by atoms with Crippen LogP contribution in [0.1, 0.15) is 15.2 Å². The van der Waals surface area contributed by atoms with E-state index in [1.54, 1.807) is 11.4 Å². The maximum Gasteiger partial charge on any atom is 0.256 e. The number of thiophene rings is 1. The van der Waals surface area contributed by atoms with Gasteiger partial charge in [-0.15, -0.1) is 11.3 Å². The van der Waals surface area contributed by atoms with Gasteiger partial charge < -0.3 is 11.1 Å². The number of benzene rings is 1. The van der Waals surface area contributed by atoms with Crippen LogP contribution >= 0.6 is 11.3 Å². The second-order valence-electron chi connectivity index (χ2n) is 3.79. The lowest BCUT2D eigenvalue weighted by molar-refractivity contribution is 0.102. The molecule has 3 N–H and O–H groups in total. The van der Waals surface area contributed by atoms with Crippen molar-refractivity contribution in [3.8, 4) is 11.8 Å². The number of nitrogens with two attached hydrogens (primary N) is 1. The maximum atomic E-state index is 13.0. The van der Waals surface area contributed by atoms with Crippen LogP contribution in [-0.2, 0) is 0 Å². The first-order chi connectivity index (χ1) is 9.60. The van der Waals surface area contributed by atoms with Crippen molar-refractivity contribution in [1.29, 1.82) is 0 Å². The largest absolute Gasteiger partial charge is 0.322 e. The molecule has 0 unspecified atom stereocenters. The smallest absolute Gasteiger partial charge is 0.256 e. The molecule has 1 aromatic heterocycles. The first kappa shape index (κ1) is 14.2. The van der Waals surface area contributed by atoms with Crippen LogP contribution in [-0.4, -0.2) is 12.5 Å². The van der Waals surface area contributed by atoms with Crippen LogP contribution in [0.5, 0.6) is 0 Å². The molecule has 102 valence electrons. The Labute approximate surface area is 118 Å². The van der Waals surface area contributed by atoms with Gasteiger partial charge >= 0.3 is 0 Å². The lowest BCUT2D eigenvalue weighted by Gasteiger charge is -2.03. The molecule has 3 nitrogen and oxygen atoms in total. The molecule has 1 amide bonds. The fraction of sp³-hybridized carbons (Fsp3) is 0.0714. The van der Waals surface area contributed by atoms with Gasteiger partial charge in [0.2, 0.25) is 0 Å². The number of hydrogen-bond donors (Lipinski definition) is 2. The minimum Gasteiger partial charge on any atom is -0.322 e. The predicted octanol–water partition coefficient (Wildman–Crippen LogP) is 2.59. The third-order valence-corrected chi connectivity index (χ3v) is 3.20. The SMILES string of the molecule is NCC#Cc1cc(C(=O)Nc2ccc(F)c(F)c2)cs1. The molecule has 0 radical (unpaired) electrons. The molecule has 1 aromatic carbocycles. The van der Waals surface area contributed by atoms with Crippen LogP contribution in [0, 0.1) is 23.5 Å². The van der Waals surface area contributed by atoms with Gasteiger partial charge in [-0.2, -0.15) is 0 Å². The first-order valence-corrected chi connectivity index (χ1v) is 6.52. The molecule has 1 heterocycles. The Bertz CT molecular complexity index is 701. The molecule has 0 saturated carbocycles. The van der Waals surface area contributed by atoms with Crippen molar-refractivity contribution in [2.75, 3.05) is 11.9 Å². The number of anilines is 1. The van der Waals surface area contributed by atoms with E-state index in [1.807, 2.05) is 0 Å². The Morgan fingerprint density at radius 3 is 2.80 bits per heavy atom. The summed E-state index contributed by atoms with van der Waals surface area (Å²) in [6, 6.07) is 4.78. The minimum absolute atomic E-state index is 0.190. The van der Waals surface area contributed by atoms with Crippen molar-refractivity contribution >= 4 is 22.9 Å². The Kier molecular flexibility index (Phi) is 4.45. The lowest BCUT2D eigenvalue weighted by Crippen LogP contribution is -2.11. The standard InChI is InChI=1S/C14H10F2N2OS/c15-12-4-3-10(7-13(12)16)18-14(19)9-6-11(20-8-9)2-1-5-17/h3-4,6-8H,5,17H2,(H,18,19). The number of amides is 1. The Morgan fingerprint density at radius 2 is 2.10 bits per heavy atom. The predicted molar refractivity (Wildman–Crippen MR) is 74.6 cm³/mol. The molecule has 20 heavy (non-hydrogen) atoms. The molecule has 0 spiro atoms. The van der Waals surface area contributed by atoms with Crippen LogP contribution in [0.3, 0.4) is 0 Å². The number of hydrogen-bond acceptors (Lipinski definition) is 3. The highest BCUT2D eigenvalue weighted by Gasteiger charge is 2.10. The Balaban J connectivity index is 2.11. The summed E-state index contributed by atoms with van der Waals surface area (Å²) in [7, 11) is 0. The topological polar surface area (TPSA) is 55.1 Å². The van der Waals surface area contributed by atoms with Gasteiger partial charge in [0.05, 0.1) is 17.0 Å². The van der Waals surface area contributed by atoms with Crippen molar-refractivity contribution in [2.24, 2.45) is 5.73 Å². The molecule has 6 heteroatoms. The quantitative estimate of drug-likeness (QED) is 0.836. The fourth-order valence-electron chi connectivity index (χ4n) is 1.44. The van der Waals surface area contributed by atoms with Crippen molar-refractivity contribution in [3.05, 3.63) is 51.7 Å². The number of carbonyl (C=O) groups excluding carboxylic acids is 1. The highest BCUT2D eigenvalue weighted by atomic mass is 32.1. The molecule has 0 aliphatic carbocycles. The Hall–Kier alpha value is -2.23. The van der Waals surface area contributed by atoms with Gasteiger partial charge in [0.15, 0.2) is 11.6 Å². The molecule has 0 saturated heterocycles. The zero-order valence-electron chi connectivity index (χ0n) is 10.2. The highest BCUT2D eigenvalue weighted by molar-refractivity contribution is 7.10. The highest BCUT2D eigenvalue weighted by Crippen LogP contribution is 2.17. The van der Waals surface area contributed by atoms with Crippen LogP contribution in [0.2, 0.25) is 0 Å². The molecule has 2 aromatic rings. The summed E-state index contributed by atoms with van der Waals surface area (Å²) in [6.07, 6.45) is 0. The maximum absolute atomic E-state index is 13.0. The van der Waals surface area contributed by atoms with E-state index in [9.17, 15) is 13.6 Å². The summed E-state index contributed by atoms with van der Waals surface area (Å²) in [5.41, 5.74) is 5.85. The van der Waals surface area contributed by atoms with Gasteiger partial charge in [0.1, 0.15) is 0 Å². The third-order valence-electron chi connectivity index (χ3n) is 2.35. The van der Waals surface area contributed by atoms with E-state index in [-0.39, 0.29) is 12.2 Å². The molecular weight excluding hydrogens is 282 g/mol. The average Bonchev–Trinajstić information content (AvgIpc) is 2.89. The van der Waals surface area contributed by atoms with E-state index in [4.69, 9.17) is 5.73 Å². The van der Waals surface area contributed by atoms with Crippen molar-refractivity contribution in [1.82, 2.24) is 0 Å². The van der Waals surface area contributed by atoms with Crippen LogP contribution in [0.15, 0.2) is 29.6 Å². The lowest BCUT2D eigenvalue weighted by atomic mass is 10.2.